The van der Waals surface area contributed by atoms with Crippen molar-refractivity contribution in [1.82, 2.24) is 9.62 Å². The van der Waals surface area contributed by atoms with Gasteiger partial charge in [0.2, 0.25) is 10.0 Å². The molecule has 112 valence electrons. The number of aliphatic hydroxyl groups excluding tert-OH is 1. The van der Waals surface area contributed by atoms with Gasteiger partial charge in [-0.15, -0.1) is 0 Å². The third-order valence-electron chi connectivity index (χ3n) is 3.59. The molecule has 0 bridgehead atoms. The van der Waals surface area contributed by atoms with Crippen LogP contribution in [-0.2, 0) is 10.0 Å². The number of hydrogen-bond acceptors (Lipinski definition) is 4. The number of nitrogens with zero attached hydrogens (tertiary/aromatic N) is 1. The highest BCUT2D eigenvalue weighted by Crippen LogP contribution is 2.18. The Hall–Kier alpha value is -0.950. The fraction of sp³-hybridized carbons (Fsp3) is 0.571. The van der Waals surface area contributed by atoms with Crippen molar-refractivity contribution < 1.29 is 13.5 Å². The zero-order chi connectivity index (χ0) is 14.6. The van der Waals surface area contributed by atoms with Gasteiger partial charge in [-0.3, -0.25) is 0 Å². The number of nitrogens with one attached hydrogen (secondary N) is 1. The number of hydrogen-bond donors (Lipinski definition) is 2. The van der Waals surface area contributed by atoms with Gasteiger partial charge < -0.3 is 10.4 Å². The van der Waals surface area contributed by atoms with Gasteiger partial charge >= 0.3 is 0 Å². The Kier molecular flexibility index (Phi) is 5.15. The molecule has 0 spiro atoms. The first-order chi connectivity index (χ1) is 9.54. The molecule has 1 aliphatic heterocycles. The molecule has 2 N–H and O–H groups in total. The van der Waals surface area contributed by atoms with E-state index >= 15 is 0 Å². The zero-order valence-corrected chi connectivity index (χ0v) is 12.6. The van der Waals surface area contributed by atoms with Crippen LogP contribution >= 0.6 is 0 Å². The van der Waals surface area contributed by atoms with Gasteiger partial charge in [-0.05, 0) is 38.4 Å². The van der Waals surface area contributed by atoms with Crippen LogP contribution in [0, 0.1) is 6.92 Å². The second-order valence-electron chi connectivity index (χ2n) is 5.19. The van der Waals surface area contributed by atoms with Crippen LogP contribution < -0.4 is 5.32 Å². The summed E-state index contributed by atoms with van der Waals surface area (Å²) in [6.07, 6.45) is 2.05. The van der Waals surface area contributed by atoms with Gasteiger partial charge in [0.15, 0.2) is 0 Å². The molecule has 0 aliphatic carbocycles. The van der Waals surface area contributed by atoms with Crippen LogP contribution in [0.2, 0.25) is 0 Å². The molecule has 1 atom stereocenters. The summed E-state index contributed by atoms with van der Waals surface area (Å²) < 4.78 is 26.6. The van der Waals surface area contributed by atoms with Crippen LogP contribution in [0.4, 0.5) is 0 Å². The number of aryl methyl sites for hydroxylation is 1. The topological polar surface area (TPSA) is 69.6 Å². The highest BCUT2D eigenvalue weighted by Gasteiger charge is 2.27. The van der Waals surface area contributed by atoms with E-state index in [1.165, 1.54) is 4.31 Å². The summed E-state index contributed by atoms with van der Waals surface area (Å²) in [7, 11) is -3.53. The van der Waals surface area contributed by atoms with Crippen molar-refractivity contribution in [2.45, 2.75) is 30.7 Å². The minimum atomic E-state index is -3.53. The number of rotatable bonds is 6. The lowest BCUT2D eigenvalue weighted by molar-refractivity contribution is 0.246. The summed E-state index contributed by atoms with van der Waals surface area (Å²) in [4.78, 5) is 0.287. The molecular formula is C14H22N2O3S. The van der Waals surface area contributed by atoms with E-state index in [0.717, 1.165) is 24.9 Å². The predicted octanol–water partition coefficient (Wildman–Crippen LogP) is 0.730. The van der Waals surface area contributed by atoms with E-state index in [0.29, 0.717) is 6.54 Å². The molecule has 5 nitrogen and oxygen atoms in total. The van der Waals surface area contributed by atoms with Gasteiger partial charge in [-0.25, -0.2) is 8.42 Å². The standard InChI is InChI=1S/C14H22N2O3S/c1-12-4-6-14(7-5-12)20(18,19)16(9-10-17)11-13-3-2-8-15-13/h4-7,13,15,17H,2-3,8-11H2,1H3. The maximum atomic E-state index is 12.6. The van der Waals surface area contributed by atoms with Crippen LogP contribution in [0.5, 0.6) is 0 Å². The normalized spacial score (nSPS) is 19.6. The molecule has 0 radical (unpaired) electrons. The fourth-order valence-electron chi connectivity index (χ4n) is 2.44. The predicted molar refractivity (Wildman–Crippen MR) is 78.0 cm³/mol. The molecule has 1 aromatic carbocycles. The van der Waals surface area contributed by atoms with E-state index in [-0.39, 0.29) is 24.1 Å². The van der Waals surface area contributed by atoms with Gasteiger partial charge in [0.05, 0.1) is 11.5 Å². The molecule has 2 rings (SSSR count). The Bertz CT molecular complexity index is 522. The first kappa shape index (κ1) is 15.4. The number of sulfonamides is 1. The summed E-state index contributed by atoms with van der Waals surface area (Å²) in [5.74, 6) is 0. The Morgan fingerprint density at radius 3 is 2.60 bits per heavy atom. The van der Waals surface area contributed by atoms with E-state index < -0.39 is 10.0 Å². The average molecular weight is 298 g/mol. The summed E-state index contributed by atoms with van der Waals surface area (Å²) >= 11 is 0. The van der Waals surface area contributed by atoms with Gasteiger partial charge in [0.1, 0.15) is 0 Å². The number of benzene rings is 1. The highest BCUT2D eigenvalue weighted by atomic mass is 32.2. The van der Waals surface area contributed by atoms with E-state index in [1.54, 1.807) is 24.3 Å². The Morgan fingerprint density at radius 1 is 1.35 bits per heavy atom. The monoisotopic (exact) mass is 298 g/mol. The average Bonchev–Trinajstić information content (AvgIpc) is 2.92. The van der Waals surface area contributed by atoms with Crippen LogP contribution in [-0.4, -0.2) is 50.1 Å². The van der Waals surface area contributed by atoms with Crippen LogP contribution in [0.3, 0.4) is 0 Å². The maximum Gasteiger partial charge on any atom is 0.243 e. The first-order valence-corrected chi connectivity index (χ1v) is 8.39. The van der Waals surface area contributed by atoms with E-state index in [2.05, 4.69) is 5.32 Å². The Balaban J connectivity index is 2.19. The zero-order valence-electron chi connectivity index (χ0n) is 11.7. The second-order valence-corrected chi connectivity index (χ2v) is 7.13. The van der Waals surface area contributed by atoms with Crippen LogP contribution in [0.15, 0.2) is 29.2 Å². The Morgan fingerprint density at radius 2 is 2.05 bits per heavy atom. The second kappa shape index (κ2) is 6.67. The molecule has 1 aliphatic rings. The lowest BCUT2D eigenvalue weighted by Crippen LogP contribution is -2.42. The van der Waals surface area contributed by atoms with Gasteiger partial charge in [-0.1, -0.05) is 17.7 Å². The van der Waals surface area contributed by atoms with Gasteiger partial charge in [0.25, 0.3) is 0 Å². The van der Waals surface area contributed by atoms with Crippen molar-refractivity contribution in [3.8, 4) is 0 Å². The van der Waals surface area contributed by atoms with Crippen molar-refractivity contribution in [1.29, 1.82) is 0 Å². The summed E-state index contributed by atoms with van der Waals surface area (Å²) in [6, 6.07) is 7.01. The SMILES string of the molecule is Cc1ccc(S(=O)(=O)N(CCO)CC2CCCN2)cc1. The quantitative estimate of drug-likeness (QED) is 0.812. The lowest BCUT2D eigenvalue weighted by atomic mass is 10.2. The molecule has 1 heterocycles. The minimum absolute atomic E-state index is 0.133. The molecular weight excluding hydrogens is 276 g/mol. The van der Waals surface area contributed by atoms with E-state index in [9.17, 15) is 8.42 Å². The highest BCUT2D eigenvalue weighted by molar-refractivity contribution is 7.89. The lowest BCUT2D eigenvalue weighted by Gasteiger charge is -2.24. The van der Waals surface area contributed by atoms with E-state index in [1.807, 2.05) is 6.92 Å². The Labute approximate surface area is 120 Å². The summed E-state index contributed by atoms with van der Waals surface area (Å²) in [5.41, 5.74) is 1.02. The molecule has 1 aromatic rings. The molecule has 20 heavy (non-hydrogen) atoms. The first-order valence-electron chi connectivity index (χ1n) is 6.95. The van der Waals surface area contributed by atoms with Crippen molar-refractivity contribution in [3.63, 3.8) is 0 Å². The molecule has 6 heteroatoms. The maximum absolute atomic E-state index is 12.6. The summed E-state index contributed by atoms with van der Waals surface area (Å²) in [5, 5.41) is 12.4. The van der Waals surface area contributed by atoms with Gasteiger partial charge in [0, 0.05) is 19.1 Å². The molecule has 0 aromatic heterocycles. The molecule has 1 saturated heterocycles. The molecule has 1 unspecified atom stereocenters. The van der Waals surface area contributed by atoms with Gasteiger partial charge in [-0.2, -0.15) is 4.31 Å². The third-order valence-corrected chi connectivity index (χ3v) is 5.47. The molecule has 0 amide bonds. The van der Waals surface area contributed by atoms with E-state index in [4.69, 9.17) is 5.11 Å². The molecule has 1 fully saturated rings. The van der Waals surface area contributed by atoms with Crippen LogP contribution in [0.1, 0.15) is 18.4 Å². The largest absolute Gasteiger partial charge is 0.395 e. The van der Waals surface area contributed by atoms with Crippen molar-refractivity contribution >= 4 is 10.0 Å². The fourth-order valence-corrected chi connectivity index (χ4v) is 3.92. The molecule has 0 saturated carbocycles. The van der Waals surface area contributed by atoms with Crippen molar-refractivity contribution in [3.05, 3.63) is 29.8 Å². The van der Waals surface area contributed by atoms with Crippen LogP contribution in [0.25, 0.3) is 0 Å². The van der Waals surface area contributed by atoms with Crippen molar-refractivity contribution in [2.75, 3.05) is 26.2 Å². The summed E-state index contributed by atoms with van der Waals surface area (Å²) in [6.45, 7) is 3.23. The smallest absolute Gasteiger partial charge is 0.243 e. The van der Waals surface area contributed by atoms with Crippen molar-refractivity contribution in [2.24, 2.45) is 0 Å². The minimum Gasteiger partial charge on any atom is -0.395 e. The number of aliphatic hydroxyl groups is 1. The third kappa shape index (κ3) is 3.58.